The van der Waals surface area contributed by atoms with Gasteiger partial charge in [-0.15, -0.1) is 0 Å². The molecule has 1 amide bonds. The van der Waals surface area contributed by atoms with Gasteiger partial charge in [-0.1, -0.05) is 6.92 Å². The van der Waals surface area contributed by atoms with Crippen molar-refractivity contribution in [3.8, 4) is 0 Å². The molecule has 0 N–H and O–H groups in total. The second-order valence-electron chi connectivity index (χ2n) is 5.51. The Morgan fingerprint density at radius 2 is 1.67 bits per heavy atom. The first-order valence-electron chi connectivity index (χ1n) is 6.38. The molecule has 0 bridgehead atoms. The smallest absolute Gasteiger partial charge is 0.237 e. The van der Waals surface area contributed by atoms with Crippen LogP contribution in [0.15, 0.2) is 0 Å². The minimum atomic E-state index is -3.32. The average Bonchev–Trinajstić information content (AvgIpc) is 2.25. The molecule has 0 aromatic heterocycles. The highest BCUT2D eigenvalue weighted by Crippen LogP contribution is 2.28. The van der Waals surface area contributed by atoms with Crippen LogP contribution in [0.5, 0.6) is 0 Å². The molecule has 0 aromatic rings. The normalized spacial score (nSPS) is 25.2. The molecule has 1 aliphatic carbocycles. The van der Waals surface area contributed by atoms with Gasteiger partial charge in [0.05, 0.1) is 12.8 Å². The standard InChI is InChI=1S/C12H24N2O3S/c1-10-5-7-11(8-6-10)14(18(4,16)17)9-12(15)13(2)3/h10-11H,5-9H2,1-4H3. The summed E-state index contributed by atoms with van der Waals surface area (Å²) >= 11 is 0. The van der Waals surface area contributed by atoms with E-state index in [0.29, 0.717) is 5.92 Å². The summed E-state index contributed by atoms with van der Waals surface area (Å²) in [6, 6.07) is -0.0138. The maximum Gasteiger partial charge on any atom is 0.237 e. The van der Waals surface area contributed by atoms with Gasteiger partial charge in [0, 0.05) is 20.1 Å². The number of rotatable bonds is 4. The molecule has 0 aromatic carbocycles. The van der Waals surface area contributed by atoms with Gasteiger partial charge in [0.15, 0.2) is 0 Å². The average molecular weight is 276 g/mol. The van der Waals surface area contributed by atoms with E-state index in [4.69, 9.17) is 0 Å². The van der Waals surface area contributed by atoms with Crippen LogP contribution in [-0.2, 0) is 14.8 Å². The van der Waals surface area contributed by atoms with Gasteiger partial charge in [0.25, 0.3) is 0 Å². The minimum absolute atomic E-state index is 0.0138. The first kappa shape index (κ1) is 15.4. The van der Waals surface area contributed by atoms with Crippen LogP contribution in [0.4, 0.5) is 0 Å². The number of sulfonamides is 1. The van der Waals surface area contributed by atoms with Crippen molar-refractivity contribution >= 4 is 15.9 Å². The number of hydrogen-bond donors (Lipinski definition) is 0. The molecular formula is C12H24N2O3S. The summed E-state index contributed by atoms with van der Waals surface area (Å²) in [4.78, 5) is 13.2. The Morgan fingerprint density at radius 3 is 2.06 bits per heavy atom. The van der Waals surface area contributed by atoms with Gasteiger partial charge < -0.3 is 4.90 Å². The molecule has 6 heteroatoms. The van der Waals surface area contributed by atoms with Crippen molar-refractivity contribution in [3.63, 3.8) is 0 Å². The summed E-state index contributed by atoms with van der Waals surface area (Å²) in [6.45, 7) is 2.15. The van der Waals surface area contributed by atoms with Crippen LogP contribution in [0.3, 0.4) is 0 Å². The second kappa shape index (κ2) is 6.02. The quantitative estimate of drug-likeness (QED) is 0.767. The highest BCUT2D eigenvalue weighted by atomic mass is 32.2. The Labute approximate surface area is 110 Å². The molecule has 0 aliphatic heterocycles. The van der Waals surface area contributed by atoms with Crippen molar-refractivity contribution < 1.29 is 13.2 Å². The zero-order valence-electron chi connectivity index (χ0n) is 11.7. The molecule has 0 unspecified atom stereocenters. The molecule has 106 valence electrons. The van der Waals surface area contributed by atoms with Crippen LogP contribution in [0.1, 0.15) is 32.6 Å². The third kappa shape index (κ3) is 4.24. The highest BCUT2D eigenvalue weighted by molar-refractivity contribution is 7.88. The van der Waals surface area contributed by atoms with E-state index in [1.807, 2.05) is 0 Å². The molecule has 0 saturated heterocycles. The van der Waals surface area contributed by atoms with Gasteiger partial charge >= 0.3 is 0 Å². The van der Waals surface area contributed by atoms with E-state index in [1.54, 1.807) is 14.1 Å². The predicted molar refractivity (Wildman–Crippen MR) is 71.7 cm³/mol. The molecular weight excluding hydrogens is 252 g/mol. The maximum atomic E-state index is 11.8. The van der Waals surface area contributed by atoms with Crippen LogP contribution in [0.25, 0.3) is 0 Å². The summed E-state index contributed by atoms with van der Waals surface area (Å²) < 4.78 is 25.0. The molecule has 1 aliphatic rings. The maximum absolute atomic E-state index is 11.8. The fourth-order valence-electron chi connectivity index (χ4n) is 2.32. The van der Waals surface area contributed by atoms with E-state index in [2.05, 4.69) is 6.92 Å². The molecule has 5 nitrogen and oxygen atoms in total. The monoisotopic (exact) mass is 276 g/mol. The van der Waals surface area contributed by atoms with Crippen molar-refractivity contribution in [1.82, 2.24) is 9.21 Å². The summed E-state index contributed by atoms with van der Waals surface area (Å²) in [5, 5.41) is 0. The van der Waals surface area contributed by atoms with E-state index >= 15 is 0 Å². The molecule has 0 heterocycles. The number of hydrogen-bond acceptors (Lipinski definition) is 3. The van der Waals surface area contributed by atoms with Gasteiger partial charge in [-0.2, -0.15) is 4.31 Å². The third-order valence-electron chi connectivity index (χ3n) is 3.61. The van der Waals surface area contributed by atoms with Crippen LogP contribution in [0, 0.1) is 5.92 Å². The first-order valence-corrected chi connectivity index (χ1v) is 8.23. The van der Waals surface area contributed by atoms with Gasteiger partial charge in [-0.3, -0.25) is 4.79 Å². The van der Waals surface area contributed by atoms with E-state index in [-0.39, 0.29) is 18.5 Å². The van der Waals surface area contributed by atoms with Crippen LogP contribution in [0.2, 0.25) is 0 Å². The van der Waals surface area contributed by atoms with Crippen LogP contribution >= 0.6 is 0 Å². The first-order chi connectivity index (χ1) is 8.21. The molecule has 1 fully saturated rings. The lowest BCUT2D eigenvalue weighted by Crippen LogP contribution is -2.46. The Bertz CT molecular complexity index is 384. The number of amides is 1. The lowest BCUT2D eigenvalue weighted by Gasteiger charge is -2.34. The topological polar surface area (TPSA) is 57.7 Å². The molecule has 1 rings (SSSR count). The number of nitrogens with zero attached hydrogens (tertiary/aromatic N) is 2. The summed E-state index contributed by atoms with van der Waals surface area (Å²) in [7, 11) is -0.0356. The molecule has 18 heavy (non-hydrogen) atoms. The van der Waals surface area contributed by atoms with E-state index < -0.39 is 10.0 Å². The zero-order valence-corrected chi connectivity index (χ0v) is 12.5. The van der Waals surface area contributed by atoms with Gasteiger partial charge in [-0.05, 0) is 31.6 Å². The van der Waals surface area contributed by atoms with Crippen molar-refractivity contribution in [2.24, 2.45) is 5.92 Å². The lowest BCUT2D eigenvalue weighted by atomic mass is 9.87. The Hall–Kier alpha value is -0.620. The molecule has 0 atom stereocenters. The largest absolute Gasteiger partial charge is 0.348 e. The van der Waals surface area contributed by atoms with Crippen molar-refractivity contribution in [2.75, 3.05) is 26.9 Å². The third-order valence-corrected chi connectivity index (χ3v) is 4.89. The highest BCUT2D eigenvalue weighted by Gasteiger charge is 2.31. The summed E-state index contributed by atoms with van der Waals surface area (Å²) in [5.41, 5.74) is 0. The fraction of sp³-hybridized carbons (Fsp3) is 0.917. The van der Waals surface area contributed by atoms with E-state index in [1.165, 1.54) is 15.5 Å². The number of likely N-dealkylation sites (N-methyl/N-ethyl adjacent to an activating group) is 1. The Morgan fingerprint density at radius 1 is 1.17 bits per heavy atom. The van der Waals surface area contributed by atoms with Crippen LogP contribution in [-0.4, -0.2) is 56.5 Å². The minimum Gasteiger partial charge on any atom is -0.348 e. The summed E-state index contributed by atoms with van der Waals surface area (Å²) in [6.07, 6.45) is 4.97. The van der Waals surface area contributed by atoms with Gasteiger partial charge in [0.2, 0.25) is 15.9 Å². The van der Waals surface area contributed by atoms with Crippen LogP contribution < -0.4 is 0 Å². The molecule has 0 radical (unpaired) electrons. The van der Waals surface area contributed by atoms with Crippen molar-refractivity contribution in [3.05, 3.63) is 0 Å². The zero-order chi connectivity index (χ0) is 13.9. The van der Waals surface area contributed by atoms with Gasteiger partial charge in [-0.25, -0.2) is 8.42 Å². The molecule has 1 saturated carbocycles. The van der Waals surface area contributed by atoms with E-state index in [0.717, 1.165) is 25.7 Å². The fourth-order valence-corrected chi connectivity index (χ4v) is 3.42. The van der Waals surface area contributed by atoms with E-state index in [9.17, 15) is 13.2 Å². The Kier molecular flexibility index (Phi) is 5.16. The number of carbonyl (C=O) groups excluding carboxylic acids is 1. The summed E-state index contributed by atoms with van der Waals surface area (Å²) in [5.74, 6) is 0.492. The van der Waals surface area contributed by atoms with Crippen molar-refractivity contribution in [2.45, 2.75) is 38.6 Å². The predicted octanol–water partition coefficient (Wildman–Crippen LogP) is 0.915. The number of carbonyl (C=O) groups is 1. The second-order valence-corrected chi connectivity index (χ2v) is 7.45. The Balaban J connectivity index is 2.77. The SMILES string of the molecule is CC1CCC(N(CC(=O)N(C)C)S(C)(=O)=O)CC1. The lowest BCUT2D eigenvalue weighted by molar-refractivity contribution is -0.129. The molecule has 0 spiro atoms. The van der Waals surface area contributed by atoms with Crippen molar-refractivity contribution in [1.29, 1.82) is 0 Å². The van der Waals surface area contributed by atoms with Gasteiger partial charge in [0.1, 0.15) is 0 Å².